The highest BCUT2D eigenvalue weighted by molar-refractivity contribution is 5.70. The lowest BCUT2D eigenvalue weighted by Crippen LogP contribution is -2.13. The second-order valence-corrected chi connectivity index (χ2v) is 1.85. The molecule has 1 aromatic heterocycles. The molecule has 0 saturated carbocycles. The first-order chi connectivity index (χ1) is 5.83. The van der Waals surface area contributed by atoms with Crippen LogP contribution in [0.5, 0.6) is 5.88 Å². The van der Waals surface area contributed by atoms with Crippen LogP contribution in [0, 0.1) is 6.20 Å². The first kappa shape index (κ1) is 8.45. The zero-order valence-corrected chi connectivity index (χ0v) is 6.48. The Kier molecular flexibility index (Phi) is 3.01. The van der Waals surface area contributed by atoms with Gasteiger partial charge in [-0.05, 0) is 0 Å². The summed E-state index contributed by atoms with van der Waals surface area (Å²) in [5.74, 6) is -0.149. The molecular weight excluding hydrogens is 160 g/mol. The third kappa shape index (κ3) is 2.53. The lowest BCUT2D eigenvalue weighted by Gasteiger charge is -2.01. The van der Waals surface area contributed by atoms with Gasteiger partial charge < -0.3 is 9.47 Å². The Morgan fingerprint density at radius 1 is 1.75 bits per heavy atom. The predicted octanol–water partition coefficient (Wildman–Crippen LogP) is -0.171. The van der Waals surface area contributed by atoms with Crippen LogP contribution in [0.4, 0.5) is 0 Å². The van der Waals surface area contributed by atoms with Crippen molar-refractivity contribution in [3.63, 3.8) is 0 Å². The van der Waals surface area contributed by atoms with Crippen molar-refractivity contribution in [3.8, 4) is 5.88 Å². The van der Waals surface area contributed by atoms with Crippen LogP contribution in [0.1, 0.15) is 0 Å². The quantitative estimate of drug-likeness (QED) is 0.585. The monoisotopic (exact) mass is 167 g/mol. The maximum absolute atomic E-state index is 10.6. The molecule has 0 spiro atoms. The van der Waals surface area contributed by atoms with Gasteiger partial charge in [-0.3, -0.25) is 0 Å². The highest BCUT2D eigenvalue weighted by Crippen LogP contribution is 2.00. The van der Waals surface area contributed by atoms with E-state index in [1.54, 1.807) is 0 Å². The number of rotatable bonds is 3. The van der Waals surface area contributed by atoms with Crippen molar-refractivity contribution < 1.29 is 14.3 Å². The van der Waals surface area contributed by atoms with Gasteiger partial charge in [-0.25, -0.2) is 14.8 Å². The Balaban J connectivity index is 2.38. The molecule has 1 heterocycles. The number of methoxy groups -OCH3 is 1. The molecule has 0 aromatic carbocycles. The van der Waals surface area contributed by atoms with Crippen molar-refractivity contribution in [3.05, 3.63) is 18.6 Å². The first-order valence-electron chi connectivity index (χ1n) is 3.20. The van der Waals surface area contributed by atoms with Crippen LogP contribution in [0.3, 0.4) is 0 Å². The van der Waals surface area contributed by atoms with Crippen LogP contribution in [0.2, 0.25) is 0 Å². The number of carbonyl (C=O) groups excluding carboxylic acids is 1. The molecule has 0 unspecified atom stereocenters. The van der Waals surface area contributed by atoms with Gasteiger partial charge in [-0.2, -0.15) is 0 Å². The molecule has 0 amide bonds. The van der Waals surface area contributed by atoms with Gasteiger partial charge in [0.1, 0.15) is 6.33 Å². The molecule has 0 saturated heterocycles. The van der Waals surface area contributed by atoms with Gasteiger partial charge in [0.2, 0.25) is 5.88 Å². The fraction of sp³-hybridized carbons (Fsp3) is 0.286. The Morgan fingerprint density at radius 3 is 3.17 bits per heavy atom. The van der Waals surface area contributed by atoms with Gasteiger partial charge in [-0.15, -0.1) is 0 Å². The molecule has 1 radical (unpaired) electrons. The number of hydrogen-bond donors (Lipinski definition) is 0. The average Bonchev–Trinajstić information content (AvgIpc) is 2.16. The maximum Gasteiger partial charge on any atom is 0.343 e. The number of nitrogens with zero attached hydrogens (tertiary/aromatic N) is 2. The predicted molar refractivity (Wildman–Crippen MR) is 38.4 cm³/mol. The Hall–Kier alpha value is -1.65. The lowest BCUT2D eigenvalue weighted by molar-refractivity contribution is -0.143. The summed E-state index contributed by atoms with van der Waals surface area (Å²) < 4.78 is 9.26. The van der Waals surface area contributed by atoms with Crippen LogP contribution in [-0.2, 0) is 9.53 Å². The number of hydrogen-bond acceptors (Lipinski definition) is 5. The van der Waals surface area contributed by atoms with Gasteiger partial charge in [0, 0.05) is 6.07 Å². The van der Waals surface area contributed by atoms with E-state index in [-0.39, 0.29) is 6.61 Å². The van der Waals surface area contributed by atoms with E-state index in [0.29, 0.717) is 5.88 Å². The van der Waals surface area contributed by atoms with Crippen LogP contribution in [0.25, 0.3) is 0 Å². The van der Waals surface area contributed by atoms with Crippen molar-refractivity contribution in [2.45, 2.75) is 0 Å². The second kappa shape index (κ2) is 4.27. The number of esters is 1. The maximum atomic E-state index is 10.6. The molecule has 63 valence electrons. The van der Waals surface area contributed by atoms with Crippen LogP contribution < -0.4 is 4.74 Å². The van der Waals surface area contributed by atoms with Crippen LogP contribution in [-0.4, -0.2) is 29.7 Å². The van der Waals surface area contributed by atoms with Crippen molar-refractivity contribution >= 4 is 5.97 Å². The van der Waals surface area contributed by atoms with Crippen LogP contribution >= 0.6 is 0 Å². The number of aromatic nitrogens is 2. The van der Waals surface area contributed by atoms with E-state index in [4.69, 9.17) is 4.74 Å². The van der Waals surface area contributed by atoms with Crippen LogP contribution in [0.15, 0.2) is 12.4 Å². The van der Waals surface area contributed by atoms with E-state index in [1.807, 2.05) is 0 Å². The molecule has 0 bridgehead atoms. The summed E-state index contributed by atoms with van der Waals surface area (Å²) in [6, 6.07) is 1.43. The zero-order chi connectivity index (χ0) is 8.81. The summed E-state index contributed by atoms with van der Waals surface area (Å²) in [5, 5.41) is 0. The molecule has 0 atom stereocenters. The third-order valence-electron chi connectivity index (χ3n) is 1.07. The molecule has 0 aliphatic carbocycles. The Morgan fingerprint density at radius 2 is 2.58 bits per heavy atom. The highest BCUT2D eigenvalue weighted by atomic mass is 16.6. The molecule has 1 rings (SSSR count). The molecule has 0 fully saturated rings. The summed E-state index contributed by atoms with van der Waals surface area (Å²) >= 11 is 0. The molecule has 0 N–H and O–H groups in total. The molecule has 5 heteroatoms. The van der Waals surface area contributed by atoms with E-state index < -0.39 is 5.97 Å². The minimum atomic E-state index is -0.450. The van der Waals surface area contributed by atoms with E-state index in [9.17, 15) is 4.79 Å². The largest absolute Gasteiger partial charge is 0.466 e. The van der Waals surface area contributed by atoms with Gasteiger partial charge >= 0.3 is 5.97 Å². The molecular formula is C7H7N2O3. The molecule has 0 aliphatic rings. The Bertz CT molecular complexity index is 250. The molecule has 12 heavy (non-hydrogen) atoms. The van der Waals surface area contributed by atoms with Gasteiger partial charge in [0.15, 0.2) is 6.61 Å². The third-order valence-corrected chi connectivity index (χ3v) is 1.07. The second-order valence-electron chi connectivity index (χ2n) is 1.85. The standard InChI is InChI=1S/C7H7N2O3/c1-11-7(10)4-12-6-2-3-8-5-9-6/h2,5H,4H2,1H3. The van der Waals surface area contributed by atoms with E-state index in [2.05, 4.69) is 20.9 Å². The zero-order valence-electron chi connectivity index (χ0n) is 6.48. The fourth-order valence-electron chi connectivity index (χ4n) is 0.520. The van der Waals surface area contributed by atoms with Gasteiger partial charge in [0.05, 0.1) is 13.3 Å². The summed E-state index contributed by atoms with van der Waals surface area (Å²) in [6.07, 6.45) is 3.80. The van der Waals surface area contributed by atoms with Crippen molar-refractivity contribution in [1.82, 2.24) is 9.97 Å². The molecule has 1 aromatic rings. The minimum absolute atomic E-state index is 0.151. The normalized spacial score (nSPS) is 9.08. The van der Waals surface area contributed by atoms with Gasteiger partial charge in [0.25, 0.3) is 0 Å². The Labute approximate surface area is 69.4 Å². The SMILES string of the molecule is COC(=O)COc1c[c]ncn1. The minimum Gasteiger partial charge on any atom is -0.466 e. The van der Waals surface area contributed by atoms with Crippen molar-refractivity contribution in [2.24, 2.45) is 0 Å². The van der Waals surface area contributed by atoms with Crippen molar-refractivity contribution in [2.75, 3.05) is 13.7 Å². The average molecular weight is 167 g/mol. The fourth-order valence-corrected chi connectivity index (χ4v) is 0.520. The number of carbonyl (C=O) groups is 1. The first-order valence-corrected chi connectivity index (χ1v) is 3.20. The highest BCUT2D eigenvalue weighted by Gasteiger charge is 2.00. The van der Waals surface area contributed by atoms with Crippen molar-refractivity contribution in [1.29, 1.82) is 0 Å². The van der Waals surface area contributed by atoms with E-state index in [1.165, 1.54) is 19.5 Å². The van der Waals surface area contributed by atoms with E-state index in [0.717, 1.165) is 0 Å². The summed E-state index contributed by atoms with van der Waals surface area (Å²) in [4.78, 5) is 17.9. The molecule has 5 nitrogen and oxygen atoms in total. The summed E-state index contributed by atoms with van der Waals surface area (Å²) in [5.41, 5.74) is 0. The smallest absolute Gasteiger partial charge is 0.343 e. The van der Waals surface area contributed by atoms with Gasteiger partial charge in [-0.1, -0.05) is 0 Å². The molecule has 0 aliphatic heterocycles. The van der Waals surface area contributed by atoms with E-state index >= 15 is 0 Å². The summed E-state index contributed by atoms with van der Waals surface area (Å²) in [7, 11) is 1.29. The number of ether oxygens (including phenoxy) is 2. The topological polar surface area (TPSA) is 61.3 Å². The lowest BCUT2D eigenvalue weighted by atomic mass is 10.6. The summed E-state index contributed by atoms with van der Waals surface area (Å²) in [6.45, 7) is -0.151.